The third-order valence-electron chi connectivity index (χ3n) is 4.82. The van der Waals surface area contributed by atoms with E-state index in [0.717, 1.165) is 48.1 Å². The van der Waals surface area contributed by atoms with Gasteiger partial charge in [-0.05, 0) is 56.8 Å². The largest absolute Gasteiger partial charge is 0.483 e. The zero-order chi connectivity index (χ0) is 18.5. The van der Waals surface area contributed by atoms with Gasteiger partial charge in [0.2, 0.25) is 0 Å². The van der Waals surface area contributed by atoms with Crippen molar-refractivity contribution in [1.82, 2.24) is 9.88 Å². The van der Waals surface area contributed by atoms with Gasteiger partial charge in [0.05, 0.1) is 5.69 Å². The molecule has 140 valence electrons. The van der Waals surface area contributed by atoms with Crippen molar-refractivity contribution in [2.75, 3.05) is 25.0 Å². The van der Waals surface area contributed by atoms with Gasteiger partial charge in [0.25, 0.3) is 5.91 Å². The first-order chi connectivity index (χ1) is 12.5. The van der Waals surface area contributed by atoms with E-state index in [9.17, 15) is 4.79 Å². The molecule has 1 aliphatic heterocycles. The highest BCUT2D eigenvalue weighted by Gasteiger charge is 2.17. The van der Waals surface area contributed by atoms with E-state index < -0.39 is 0 Å². The maximum atomic E-state index is 12.2. The second kappa shape index (κ2) is 8.64. The van der Waals surface area contributed by atoms with Gasteiger partial charge in [-0.2, -0.15) is 0 Å². The van der Waals surface area contributed by atoms with Crippen molar-refractivity contribution in [3.05, 3.63) is 40.4 Å². The average Bonchev–Trinajstić information content (AvgIpc) is 3.03. The van der Waals surface area contributed by atoms with Gasteiger partial charge >= 0.3 is 0 Å². The lowest BCUT2D eigenvalue weighted by Gasteiger charge is -2.29. The number of ether oxygens (including phenoxy) is 1. The number of hydrogen-bond donors (Lipinski definition) is 1. The molecule has 1 saturated heterocycles. The molecule has 0 unspecified atom stereocenters. The van der Waals surface area contributed by atoms with Gasteiger partial charge in [0.1, 0.15) is 5.75 Å². The van der Waals surface area contributed by atoms with Crippen LogP contribution in [0.1, 0.15) is 36.6 Å². The highest BCUT2D eigenvalue weighted by molar-refractivity contribution is 7.13. The maximum Gasteiger partial charge on any atom is 0.264 e. The van der Waals surface area contributed by atoms with E-state index in [4.69, 9.17) is 4.74 Å². The third kappa shape index (κ3) is 5.05. The van der Waals surface area contributed by atoms with E-state index in [1.807, 2.05) is 37.4 Å². The van der Waals surface area contributed by atoms with E-state index >= 15 is 0 Å². The quantitative estimate of drug-likeness (QED) is 0.831. The molecule has 2 heterocycles. The Balaban J connectivity index is 1.48. The molecule has 0 atom stereocenters. The molecule has 26 heavy (non-hydrogen) atoms. The van der Waals surface area contributed by atoms with Crippen LogP contribution in [0.3, 0.4) is 0 Å². The Bertz CT molecular complexity index is 731. The summed E-state index contributed by atoms with van der Waals surface area (Å²) < 4.78 is 5.70. The molecular weight excluding hydrogens is 346 g/mol. The number of carbonyl (C=O) groups excluding carboxylic acids is 1. The molecule has 1 amide bonds. The fourth-order valence-corrected chi connectivity index (χ4v) is 3.92. The van der Waals surface area contributed by atoms with Gasteiger partial charge in [-0.15, -0.1) is 11.3 Å². The number of aromatic nitrogens is 1. The number of likely N-dealkylation sites (tertiary alicyclic amines) is 1. The Morgan fingerprint density at radius 1 is 1.31 bits per heavy atom. The second-order valence-corrected chi connectivity index (χ2v) is 8.02. The summed E-state index contributed by atoms with van der Waals surface area (Å²) in [5.74, 6) is 1.43. The summed E-state index contributed by atoms with van der Waals surface area (Å²) >= 11 is 1.47. The molecular formula is C20H27N3O2S. The topological polar surface area (TPSA) is 54.5 Å². The van der Waals surface area contributed by atoms with E-state index in [1.54, 1.807) is 0 Å². The number of rotatable bonds is 6. The zero-order valence-corrected chi connectivity index (χ0v) is 16.6. The predicted octanol–water partition coefficient (Wildman–Crippen LogP) is 4.01. The van der Waals surface area contributed by atoms with Gasteiger partial charge in [-0.1, -0.05) is 25.1 Å². The van der Waals surface area contributed by atoms with Crippen LogP contribution >= 0.6 is 11.3 Å². The number of carbonyl (C=O) groups is 1. The molecule has 1 N–H and O–H groups in total. The van der Waals surface area contributed by atoms with Gasteiger partial charge < -0.3 is 4.74 Å². The number of piperidine rings is 1. The highest BCUT2D eigenvalue weighted by Crippen LogP contribution is 2.23. The van der Waals surface area contributed by atoms with Crippen molar-refractivity contribution in [2.45, 2.75) is 40.2 Å². The Labute approximate surface area is 159 Å². The van der Waals surface area contributed by atoms with Crippen LogP contribution in [0.2, 0.25) is 0 Å². The molecule has 1 aromatic carbocycles. The van der Waals surface area contributed by atoms with Crippen LogP contribution in [0, 0.1) is 19.8 Å². The van der Waals surface area contributed by atoms with Gasteiger partial charge in [0, 0.05) is 11.9 Å². The summed E-state index contributed by atoms with van der Waals surface area (Å²) in [5.41, 5.74) is 3.09. The number of hydrogen-bond acceptors (Lipinski definition) is 5. The fraction of sp³-hybridized carbons (Fsp3) is 0.500. The minimum atomic E-state index is -0.180. The molecule has 3 rings (SSSR count). The van der Waals surface area contributed by atoms with Crippen LogP contribution in [0.5, 0.6) is 5.75 Å². The summed E-state index contributed by atoms with van der Waals surface area (Å²) in [4.78, 5) is 19.1. The van der Waals surface area contributed by atoms with Gasteiger partial charge in [-0.25, -0.2) is 4.98 Å². The van der Waals surface area contributed by atoms with Crippen LogP contribution in [0.4, 0.5) is 5.13 Å². The van der Waals surface area contributed by atoms with Crippen molar-refractivity contribution >= 4 is 22.4 Å². The SMILES string of the molecule is Cc1cccc(C)c1OCC(=O)Nc1nc(CN2CCC(C)CC2)cs1. The summed E-state index contributed by atoms with van der Waals surface area (Å²) in [6, 6.07) is 5.95. The van der Waals surface area contributed by atoms with Crippen molar-refractivity contribution < 1.29 is 9.53 Å². The second-order valence-electron chi connectivity index (χ2n) is 7.16. The first-order valence-corrected chi connectivity index (χ1v) is 10.0. The standard InChI is InChI=1S/C20H27N3O2S/c1-14-7-9-23(10-8-14)11-17-13-26-20(21-17)22-18(24)12-25-19-15(2)5-4-6-16(19)3/h4-6,13-14H,7-12H2,1-3H3,(H,21,22,24). The van der Waals surface area contributed by atoms with Crippen molar-refractivity contribution in [3.8, 4) is 5.75 Å². The number of anilines is 1. The van der Waals surface area contributed by atoms with Crippen LogP contribution in [-0.4, -0.2) is 35.5 Å². The molecule has 0 spiro atoms. The molecule has 0 saturated carbocycles. The van der Waals surface area contributed by atoms with Crippen LogP contribution in [0.15, 0.2) is 23.6 Å². The first-order valence-electron chi connectivity index (χ1n) is 9.17. The number of nitrogens with zero attached hydrogens (tertiary/aromatic N) is 2. The van der Waals surface area contributed by atoms with Crippen molar-refractivity contribution in [2.24, 2.45) is 5.92 Å². The molecule has 1 aromatic heterocycles. The lowest BCUT2D eigenvalue weighted by atomic mass is 9.99. The minimum Gasteiger partial charge on any atom is -0.483 e. The number of aryl methyl sites for hydroxylation is 2. The third-order valence-corrected chi connectivity index (χ3v) is 5.62. The number of benzene rings is 1. The normalized spacial score (nSPS) is 15.8. The summed E-state index contributed by atoms with van der Waals surface area (Å²) in [5, 5.41) is 5.51. The number of para-hydroxylation sites is 1. The summed E-state index contributed by atoms with van der Waals surface area (Å²) in [6.07, 6.45) is 2.51. The number of nitrogens with one attached hydrogen (secondary N) is 1. The maximum absolute atomic E-state index is 12.2. The fourth-order valence-electron chi connectivity index (χ4n) is 3.21. The van der Waals surface area contributed by atoms with Crippen LogP contribution in [0.25, 0.3) is 0 Å². The first kappa shape index (κ1) is 18.9. The Hall–Kier alpha value is -1.92. The van der Waals surface area contributed by atoms with Gasteiger partial charge in [-0.3, -0.25) is 15.0 Å². The van der Waals surface area contributed by atoms with E-state index in [2.05, 4.69) is 22.1 Å². The predicted molar refractivity (Wildman–Crippen MR) is 106 cm³/mol. The Morgan fingerprint density at radius 3 is 2.69 bits per heavy atom. The molecule has 1 aliphatic rings. The molecule has 2 aromatic rings. The molecule has 1 fully saturated rings. The van der Waals surface area contributed by atoms with Crippen LogP contribution in [-0.2, 0) is 11.3 Å². The minimum absolute atomic E-state index is 0.00931. The van der Waals surface area contributed by atoms with E-state index in [-0.39, 0.29) is 12.5 Å². The molecule has 0 bridgehead atoms. The molecule has 5 nitrogen and oxygen atoms in total. The summed E-state index contributed by atoms with van der Waals surface area (Å²) in [7, 11) is 0. The lowest BCUT2D eigenvalue weighted by Crippen LogP contribution is -2.32. The Kier molecular flexibility index (Phi) is 6.27. The lowest BCUT2D eigenvalue weighted by molar-refractivity contribution is -0.118. The monoisotopic (exact) mass is 373 g/mol. The van der Waals surface area contributed by atoms with Crippen molar-refractivity contribution in [1.29, 1.82) is 0 Å². The molecule has 0 radical (unpaired) electrons. The average molecular weight is 374 g/mol. The highest BCUT2D eigenvalue weighted by atomic mass is 32.1. The zero-order valence-electron chi connectivity index (χ0n) is 15.7. The smallest absolute Gasteiger partial charge is 0.264 e. The van der Waals surface area contributed by atoms with Crippen LogP contribution < -0.4 is 10.1 Å². The summed E-state index contributed by atoms with van der Waals surface area (Å²) in [6.45, 7) is 9.38. The molecule has 0 aliphatic carbocycles. The number of amides is 1. The Morgan fingerprint density at radius 2 is 2.00 bits per heavy atom. The van der Waals surface area contributed by atoms with E-state index in [1.165, 1.54) is 24.2 Å². The van der Waals surface area contributed by atoms with Gasteiger partial charge in [0.15, 0.2) is 11.7 Å². The van der Waals surface area contributed by atoms with Crippen molar-refractivity contribution in [3.63, 3.8) is 0 Å². The number of thiazole rings is 1. The molecule has 6 heteroatoms. The van der Waals surface area contributed by atoms with E-state index in [0.29, 0.717) is 5.13 Å².